The standard InChI is InChI=1S/C21H33N3O4S.ClH/c1-27-19-9-5-4-7-16(19)13-24(14-17-8-6-11-22-17)15-20(25)23-18(10-12-29-3)21(26)28-2;/h4-5,7,9,17-18,22H,6,8,10-15H2,1-3H3,(H,23,25);1H/t17-,18-;/m0./s1. The van der Waals surface area contributed by atoms with Crippen molar-refractivity contribution in [3.8, 4) is 5.75 Å². The third kappa shape index (κ3) is 8.71. The fraction of sp³-hybridized carbons (Fsp3) is 0.619. The molecule has 1 amide bonds. The van der Waals surface area contributed by atoms with Crippen LogP contribution in [0.1, 0.15) is 24.8 Å². The van der Waals surface area contributed by atoms with Crippen LogP contribution in [0.15, 0.2) is 24.3 Å². The number of carbonyl (C=O) groups is 2. The van der Waals surface area contributed by atoms with Crippen molar-refractivity contribution in [2.24, 2.45) is 0 Å². The smallest absolute Gasteiger partial charge is 0.328 e. The predicted molar refractivity (Wildman–Crippen MR) is 123 cm³/mol. The van der Waals surface area contributed by atoms with Gasteiger partial charge in [-0.3, -0.25) is 9.69 Å². The quantitative estimate of drug-likeness (QED) is 0.463. The molecule has 1 heterocycles. The van der Waals surface area contributed by atoms with Gasteiger partial charge in [0.05, 0.1) is 20.8 Å². The number of benzene rings is 1. The number of carbonyl (C=O) groups excluding carboxylic acids is 2. The number of amides is 1. The highest BCUT2D eigenvalue weighted by Crippen LogP contribution is 2.20. The van der Waals surface area contributed by atoms with Crippen LogP contribution in [0.2, 0.25) is 0 Å². The Morgan fingerprint density at radius 1 is 1.33 bits per heavy atom. The molecule has 7 nitrogen and oxygen atoms in total. The molecule has 30 heavy (non-hydrogen) atoms. The Labute approximate surface area is 190 Å². The number of thioether (sulfide) groups is 1. The number of halogens is 1. The molecule has 0 saturated carbocycles. The predicted octanol–water partition coefficient (Wildman–Crippen LogP) is 2.08. The molecule has 0 bridgehead atoms. The number of esters is 1. The summed E-state index contributed by atoms with van der Waals surface area (Å²) in [7, 11) is 3.00. The zero-order chi connectivity index (χ0) is 21.1. The van der Waals surface area contributed by atoms with E-state index in [2.05, 4.69) is 15.5 Å². The van der Waals surface area contributed by atoms with Gasteiger partial charge in [0, 0.05) is 24.7 Å². The molecule has 2 atom stereocenters. The molecule has 0 unspecified atom stereocenters. The lowest BCUT2D eigenvalue weighted by Crippen LogP contribution is -2.48. The van der Waals surface area contributed by atoms with Crippen molar-refractivity contribution in [1.29, 1.82) is 0 Å². The number of hydrogen-bond donors (Lipinski definition) is 2. The minimum absolute atomic E-state index is 0. The van der Waals surface area contributed by atoms with Gasteiger partial charge in [-0.05, 0) is 43.9 Å². The summed E-state index contributed by atoms with van der Waals surface area (Å²) in [5, 5.41) is 6.34. The molecule has 1 aromatic carbocycles. The maximum absolute atomic E-state index is 12.7. The van der Waals surface area contributed by atoms with Crippen LogP contribution in [0.3, 0.4) is 0 Å². The number of hydrogen-bond acceptors (Lipinski definition) is 7. The molecule has 2 N–H and O–H groups in total. The van der Waals surface area contributed by atoms with E-state index in [4.69, 9.17) is 9.47 Å². The van der Waals surface area contributed by atoms with E-state index >= 15 is 0 Å². The van der Waals surface area contributed by atoms with Crippen LogP contribution in [-0.4, -0.2) is 74.7 Å². The van der Waals surface area contributed by atoms with Crippen LogP contribution >= 0.6 is 24.2 Å². The van der Waals surface area contributed by atoms with Crippen LogP contribution in [0.5, 0.6) is 5.75 Å². The van der Waals surface area contributed by atoms with Gasteiger partial charge >= 0.3 is 5.97 Å². The van der Waals surface area contributed by atoms with E-state index in [9.17, 15) is 9.59 Å². The Kier molecular flexibility index (Phi) is 12.8. The number of para-hydroxylation sites is 1. The van der Waals surface area contributed by atoms with E-state index in [1.165, 1.54) is 7.11 Å². The zero-order valence-corrected chi connectivity index (χ0v) is 19.7. The minimum atomic E-state index is -0.613. The summed E-state index contributed by atoms with van der Waals surface area (Å²) in [4.78, 5) is 26.9. The van der Waals surface area contributed by atoms with Gasteiger partial charge in [-0.1, -0.05) is 18.2 Å². The molecule has 2 rings (SSSR count). The lowest BCUT2D eigenvalue weighted by molar-refractivity contribution is -0.145. The first-order chi connectivity index (χ1) is 14.1. The van der Waals surface area contributed by atoms with Crippen molar-refractivity contribution in [3.63, 3.8) is 0 Å². The van der Waals surface area contributed by atoms with E-state index in [1.807, 2.05) is 30.5 Å². The fourth-order valence-electron chi connectivity index (χ4n) is 3.55. The first-order valence-electron chi connectivity index (χ1n) is 10.0. The lowest BCUT2D eigenvalue weighted by atomic mass is 10.1. The summed E-state index contributed by atoms with van der Waals surface area (Å²) < 4.78 is 10.3. The molecule has 170 valence electrons. The molecule has 1 fully saturated rings. The lowest BCUT2D eigenvalue weighted by Gasteiger charge is -2.26. The van der Waals surface area contributed by atoms with Crippen molar-refractivity contribution in [2.75, 3.05) is 45.9 Å². The molecular weight excluding hydrogens is 426 g/mol. The molecule has 1 aliphatic heterocycles. The number of ether oxygens (including phenoxy) is 2. The maximum Gasteiger partial charge on any atom is 0.328 e. The van der Waals surface area contributed by atoms with Crippen LogP contribution in [0, 0.1) is 0 Å². The molecule has 1 aromatic rings. The van der Waals surface area contributed by atoms with Gasteiger partial charge < -0.3 is 20.1 Å². The molecule has 1 aliphatic rings. The summed E-state index contributed by atoms with van der Waals surface area (Å²) >= 11 is 1.63. The summed E-state index contributed by atoms with van der Waals surface area (Å²) in [6.45, 7) is 2.59. The third-order valence-corrected chi connectivity index (χ3v) is 5.67. The van der Waals surface area contributed by atoms with Crippen LogP contribution < -0.4 is 15.4 Å². The van der Waals surface area contributed by atoms with E-state index in [0.29, 0.717) is 19.0 Å². The number of nitrogens with one attached hydrogen (secondary N) is 2. The van der Waals surface area contributed by atoms with Crippen molar-refractivity contribution >= 4 is 36.0 Å². The van der Waals surface area contributed by atoms with Crippen molar-refractivity contribution in [3.05, 3.63) is 29.8 Å². The van der Waals surface area contributed by atoms with Gasteiger partial charge in [0.25, 0.3) is 0 Å². The van der Waals surface area contributed by atoms with Gasteiger partial charge in [-0.15, -0.1) is 12.4 Å². The van der Waals surface area contributed by atoms with Gasteiger partial charge in [-0.25, -0.2) is 4.79 Å². The Bertz CT molecular complexity index is 659. The first kappa shape index (κ1) is 26.6. The molecule has 9 heteroatoms. The van der Waals surface area contributed by atoms with E-state index in [1.54, 1.807) is 18.9 Å². The highest BCUT2D eigenvalue weighted by Gasteiger charge is 2.24. The Morgan fingerprint density at radius 3 is 2.73 bits per heavy atom. The third-order valence-electron chi connectivity index (χ3n) is 5.03. The van der Waals surface area contributed by atoms with Gasteiger partial charge in [0.1, 0.15) is 11.8 Å². The minimum Gasteiger partial charge on any atom is -0.496 e. The molecular formula is C21H34ClN3O4S. The summed E-state index contributed by atoms with van der Waals surface area (Å²) in [5.74, 6) is 1.01. The fourth-order valence-corrected chi connectivity index (χ4v) is 4.03. The average Bonchev–Trinajstić information content (AvgIpc) is 3.23. The van der Waals surface area contributed by atoms with Gasteiger partial charge in [-0.2, -0.15) is 11.8 Å². The summed E-state index contributed by atoms with van der Waals surface area (Å²) in [5.41, 5.74) is 1.03. The molecule has 0 aromatic heterocycles. The topological polar surface area (TPSA) is 79.9 Å². The monoisotopic (exact) mass is 459 g/mol. The molecule has 0 aliphatic carbocycles. The second kappa shape index (κ2) is 14.5. The average molecular weight is 460 g/mol. The summed E-state index contributed by atoms with van der Waals surface area (Å²) in [6, 6.07) is 7.60. The SMILES string of the molecule is COC(=O)[C@H](CCSC)NC(=O)CN(Cc1ccccc1OC)C[C@@H]1CCCN1.Cl. The largest absolute Gasteiger partial charge is 0.496 e. The Morgan fingerprint density at radius 2 is 2.10 bits per heavy atom. The number of methoxy groups -OCH3 is 2. The van der Waals surface area contributed by atoms with Crippen molar-refractivity contribution in [1.82, 2.24) is 15.5 Å². The van der Waals surface area contributed by atoms with Crippen LogP contribution in [0.25, 0.3) is 0 Å². The van der Waals surface area contributed by atoms with E-state index in [0.717, 1.165) is 43.0 Å². The van der Waals surface area contributed by atoms with E-state index < -0.39 is 12.0 Å². The molecule has 0 radical (unpaired) electrons. The number of rotatable bonds is 12. The number of nitrogens with zero attached hydrogens (tertiary/aromatic N) is 1. The van der Waals surface area contributed by atoms with Gasteiger partial charge in [0.15, 0.2) is 0 Å². The first-order valence-corrected chi connectivity index (χ1v) is 11.4. The highest BCUT2D eigenvalue weighted by molar-refractivity contribution is 7.98. The van der Waals surface area contributed by atoms with Gasteiger partial charge in [0.2, 0.25) is 5.91 Å². The van der Waals surface area contributed by atoms with Crippen molar-refractivity contribution in [2.45, 2.75) is 37.9 Å². The second-order valence-electron chi connectivity index (χ2n) is 7.20. The van der Waals surface area contributed by atoms with Crippen LogP contribution in [0.4, 0.5) is 0 Å². The Hall–Kier alpha value is -1.48. The molecule has 1 saturated heterocycles. The maximum atomic E-state index is 12.7. The summed E-state index contributed by atoms with van der Waals surface area (Å²) in [6.07, 6.45) is 4.77. The normalized spacial score (nSPS) is 16.6. The molecule has 0 spiro atoms. The second-order valence-corrected chi connectivity index (χ2v) is 8.19. The van der Waals surface area contributed by atoms with Crippen molar-refractivity contribution < 1.29 is 19.1 Å². The highest BCUT2D eigenvalue weighted by atomic mass is 35.5. The Balaban J connectivity index is 0.00000450. The zero-order valence-electron chi connectivity index (χ0n) is 18.0. The van der Waals surface area contributed by atoms with E-state index in [-0.39, 0.29) is 24.9 Å². The van der Waals surface area contributed by atoms with Crippen LogP contribution in [-0.2, 0) is 20.9 Å².